The van der Waals surface area contributed by atoms with Gasteiger partial charge in [-0.3, -0.25) is 0 Å². The van der Waals surface area contributed by atoms with Crippen molar-refractivity contribution in [3.05, 3.63) is 106 Å². The average molecular weight is 454 g/mol. The van der Waals surface area contributed by atoms with Crippen molar-refractivity contribution in [1.82, 2.24) is 4.57 Å². The number of ether oxygens (including phenoxy) is 1. The van der Waals surface area contributed by atoms with E-state index < -0.39 is 17.6 Å². The van der Waals surface area contributed by atoms with Crippen LogP contribution in [-0.2, 0) is 6.61 Å². The van der Waals surface area contributed by atoms with Crippen LogP contribution in [0.1, 0.15) is 21.6 Å². The zero-order valence-electron chi connectivity index (χ0n) is 17.0. The Balaban J connectivity index is 1.77. The van der Waals surface area contributed by atoms with Crippen LogP contribution in [-0.4, -0.2) is 15.6 Å². The van der Waals surface area contributed by atoms with Gasteiger partial charge in [0.15, 0.2) is 0 Å². The van der Waals surface area contributed by atoms with Crippen LogP contribution in [0.4, 0.5) is 8.78 Å². The van der Waals surface area contributed by atoms with Gasteiger partial charge in [-0.1, -0.05) is 23.7 Å². The van der Waals surface area contributed by atoms with E-state index in [1.165, 1.54) is 18.2 Å². The molecule has 0 aliphatic heterocycles. The van der Waals surface area contributed by atoms with Crippen molar-refractivity contribution in [3.63, 3.8) is 0 Å². The molecule has 0 aliphatic rings. The quantitative estimate of drug-likeness (QED) is 0.355. The van der Waals surface area contributed by atoms with Crippen molar-refractivity contribution in [1.29, 1.82) is 0 Å². The summed E-state index contributed by atoms with van der Waals surface area (Å²) in [5.41, 5.74) is 3.13. The summed E-state index contributed by atoms with van der Waals surface area (Å²) < 4.78 is 35.0. The predicted molar refractivity (Wildman–Crippen MR) is 119 cm³/mol. The summed E-state index contributed by atoms with van der Waals surface area (Å²) in [4.78, 5) is 11.4. The molecule has 4 nitrogen and oxygen atoms in total. The Bertz CT molecular complexity index is 1320. The minimum absolute atomic E-state index is 0.117. The molecule has 7 heteroatoms. The summed E-state index contributed by atoms with van der Waals surface area (Å²) in [5.74, 6) is -1.97. The van der Waals surface area contributed by atoms with Crippen LogP contribution in [0.15, 0.2) is 72.8 Å². The zero-order chi connectivity index (χ0) is 22.8. The van der Waals surface area contributed by atoms with Gasteiger partial charge in [-0.2, -0.15) is 0 Å². The fraction of sp³-hybridized carbons (Fsp3) is 0.0800. The molecule has 1 aromatic heterocycles. The molecule has 162 valence electrons. The van der Waals surface area contributed by atoms with E-state index in [1.807, 2.05) is 23.6 Å². The third-order valence-electron chi connectivity index (χ3n) is 5.06. The first-order chi connectivity index (χ1) is 15.3. The lowest BCUT2D eigenvalue weighted by molar-refractivity contribution is 0.0697. The number of benzene rings is 3. The summed E-state index contributed by atoms with van der Waals surface area (Å²) >= 11 is 6.54. The molecule has 32 heavy (non-hydrogen) atoms. The van der Waals surface area contributed by atoms with Crippen LogP contribution in [0.25, 0.3) is 16.9 Å². The van der Waals surface area contributed by atoms with Gasteiger partial charge in [0.05, 0.1) is 21.8 Å². The number of halogens is 3. The third-order valence-corrected chi connectivity index (χ3v) is 5.37. The highest BCUT2D eigenvalue weighted by atomic mass is 35.5. The van der Waals surface area contributed by atoms with Gasteiger partial charge in [-0.15, -0.1) is 0 Å². The molecule has 0 atom stereocenters. The number of carboxylic acid groups (broad SMARTS) is 1. The van der Waals surface area contributed by atoms with Gasteiger partial charge in [-0.25, -0.2) is 13.6 Å². The van der Waals surface area contributed by atoms with Crippen molar-refractivity contribution >= 4 is 17.6 Å². The van der Waals surface area contributed by atoms with Gasteiger partial charge < -0.3 is 14.4 Å². The topological polar surface area (TPSA) is 51.5 Å². The van der Waals surface area contributed by atoms with Crippen molar-refractivity contribution in [3.8, 4) is 22.7 Å². The number of hydrogen-bond donors (Lipinski definition) is 1. The Morgan fingerprint density at radius 2 is 1.81 bits per heavy atom. The van der Waals surface area contributed by atoms with Crippen molar-refractivity contribution < 1.29 is 23.4 Å². The number of aryl methyl sites for hydroxylation is 1. The largest absolute Gasteiger partial charge is 0.488 e. The maximum absolute atomic E-state index is 14.0. The van der Waals surface area contributed by atoms with E-state index in [0.717, 1.165) is 11.8 Å². The SMILES string of the molecule is Cc1ccc(-c2c(Cl)cccc2OCc2ccc(F)cc2F)n1-c1cccc(C(=O)O)c1. The van der Waals surface area contributed by atoms with Crippen LogP contribution in [0.3, 0.4) is 0 Å². The van der Waals surface area contributed by atoms with Crippen LogP contribution < -0.4 is 4.74 Å². The molecular weight excluding hydrogens is 436 g/mol. The first-order valence-electron chi connectivity index (χ1n) is 9.73. The molecule has 0 spiro atoms. The van der Waals surface area contributed by atoms with Gasteiger partial charge >= 0.3 is 5.97 Å². The average Bonchev–Trinajstić information content (AvgIpc) is 3.14. The highest BCUT2D eigenvalue weighted by molar-refractivity contribution is 6.33. The number of nitrogens with zero attached hydrogens (tertiary/aromatic N) is 1. The first kappa shape index (κ1) is 21.6. The highest BCUT2D eigenvalue weighted by Gasteiger charge is 2.18. The Kier molecular flexibility index (Phi) is 5.97. The maximum atomic E-state index is 14.0. The Labute approximate surface area is 188 Å². The molecule has 0 fully saturated rings. The van der Waals surface area contributed by atoms with Gasteiger partial charge in [0.2, 0.25) is 0 Å². The minimum Gasteiger partial charge on any atom is -0.488 e. The second-order valence-corrected chi connectivity index (χ2v) is 7.60. The highest BCUT2D eigenvalue weighted by Crippen LogP contribution is 2.39. The predicted octanol–water partition coefficient (Wildman–Crippen LogP) is 6.66. The van der Waals surface area contributed by atoms with Crippen LogP contribution >= 0.6 is 11.6 Å². The number of hydrogen-bond acceptors (Lipinski definition) is 2. The van der Waals surface area contributed by atoms with Crippen molar-refractivity contribution in [2.45, 2.75) is 13.5 Å². The molecular formula is C25H18ClF2NO3. The van der Waals surface area contributed by atoms with Crippen LogP contribution in [0, 0.1) is 18.6 Å². The molecule has 1 heterocycles. The molecule has 3 aromatic carbocycles. The molecule has 0 bridgehead atoms. The smallest absolute Gasteiger partial charge is 0.335 e. The number of carboxylic acids is 1. The molecule has 4 aromatic rings. The minimum atomic E-state index is -1.03. The van der Waals surface area contributed by atoms with E-state index in [4.69, 9.17) is 16.3 Å². The molecule has 0 saturated heterocycles. The summed E-state index contributed by atoms with van der Waals surface area (Å²) in [6.07, 6.45) is 0. The Hall–Kier alpha value is -3.64. The Morgan fingerprint density at radius 1 is 1.03 bits per heavy atom. The molecule has 0 aliphatic carbocycles. The van der Waals surface area contributed by atoms with E-state index >= 15 is 0 Å². The lowest BCUT2D eigenvalue weighted by Gasteiger charge is -2.17. The zero-order valence-corrected chi connectivity index (χ0v) is 17.7. The molecule has 0 radical (unpaired) electrons. The standard InChI is InChI=1S/C25H18ClF2NO3/c1-15-8-11-22(29(15)19-5-2-4-16(12-19)25(30)31)24-20(26)6-3-7-23(24)32-14-17-9-10-18(27)13-21(17)28/h2-13H,14H2,1H3,(H,30,31). The summed E-state index contributed by atoms with van der Waals surface area (Å²) in [7, 11) is 0. The van der Waals surface area contributed by atoms with Crippen LogP contribution in [0.5, 0.6) is 5.75 Å². The molecule has 0 amide bonds. The monoisotopic (exact) mass is 453 g/mol. The third kappa shape index (κ3) is 4.22. The van der Waals surface area contributed by atoms with Crippen LogP contribution in [0.2, 0.25) is 5.02 Å². The fourth-order valence-corrected chi connectivity index (χ4v) is 3.78. The fourth-order valence-electron chi connectivity index (χ4n) is 3.52. The first-order valence-corrected chi connectivity index (χ1v) is 10.1. The second-order valence-electron chi connectivity index (χ2n) is 7.19. The second kappa shape index (κ2) is 8.85. The lowest BCUT2D eigenvalue weighted by Crippen LogP contribution is -2.04. The van der Waals surface area contributed by atoms with Gasteiger partial charge in [-0.05, 0) is 61.5 Å². The summed E-state index contributed by atoms with van der Waals surface area (Å²) in [6.45, 7) is 1.77. The van der Waals surface area contributed by atoms with E-state index in [9.17, 15) is 18.7 Å². The molecule has 4 rings (SSSR count). The van der Waals surface area contributed by atoms with E-state index in [-0.39, 0.29) is 17.7 Å². The van der Waals surface area contributed by atoms with Crippen molar-refractivity contribution in [2.75, 3.05) is 0 Å². The maximum Gasteiger partial charge on any atom is 0.335 e. The summed E-state index contributed by atoms with van der Waals surface area (Å²) in [6, 6.07) is 18.8. The molecule has 0 saturated carbocycles. The van der Waals surface area contributed by atoms with Gasteiger partial charge in [0, 0.05) is 23.0 Å². The molecule has 0 unspecified atom stereocenters. The number of carbonyl (C=O) groups is 1. The normalized spacial score (nSPS) is 10.9. The molecule has 1 N–H and O–H groups in total. The van der Waals surface area contributed by atoms with Gasteiger partial charge in [0.25, 0.3) is 0 Å². The van der Waals surface area contributed by atoms with E-state index in [2.05, 4.69) is 0 Å². The number of aromatic nitrogens is 1. The Morgan fingerprint density at radius 3 is 2.56 bits per heavy atom. The van der Waals surface area contributed by atoms with E-state index in [0.29, 0.717) is 27.7 Å². The number of aromatic carboxylic acids is 1. The summed E-state index contributed by atoms with van der Waals surface area (Å²) in [5, 5.41) is 9.78. The number of rotatable bonds is 6. The van der Waals surface area contributed by atoms with Gasteiger partial charge in [0.1, 0.15) is 24.0 Å². The van der Waals surface area contributed by atoms with E-state index in [1.54, 1.807) is 36.4 Å². The van der Waals surface area contributed by atoms with Crippen molar-refractivity contribution in [2.24, 2.45) is 0 Å². The lowest BCUT2D eigenvalue weighted by atomic mass is 10.1.